The molecule has 2 aliphatic heterocycles. The Bertz CT molecular complexity index is 298. The maximum Gasteiger partial charge on any atom is 0.242 e. The molecule has 0 aromatic rings. The van der Waals surface area contributed by atoms with E-state index in [4.69, 9.17) is 4.74 Å². The molecule has 0 saturated carbocycles. The summed E-state index contributed by atoms with van der Waals surface area (Å²) in [6.45, 7) is 9.84. The van der Waals surface area contributed by atoms with Crippen LogP contribution in [0.15, 0.2) is 0 Å². The molecular formula is C14H26N2O2. The Hall–Kier alpha value is -0.610. The van der Waals surface area contributed by atoms with Gasteiger partial charge in [0.2, 0.25) is 5.91 Å². The van der Waals surface area contributed by atoms with Crippen LogP contribution >= 0.6 is 0 Å². The van der Waals surface area contributed by atoms with Crippen molar-refractivity contribution in [3.63, 3.8) is 0 Å². The smallest absolute Gasteiger partial charge is 0.242 e. The first kappa shape index (κ1) is 13.8. The molecule has 0 aliphatic carbocycles. The highest BCUT2D eigenvalue weighted by Gasteiger charge is 2.36. The van der Waals surface area contributed by atoms with E-state index in [-0.39, 0.29) is 18.1 Å². The molecule has 104 valence electrons. The minimum atomic E-state index is -0.148. The predicted octanol–water partition coefficient (Wildman–Crippen LogP) is 1.40. The van der Waals surface area contributed by atoms with Crippen LogP contribution in [-0.4, -0.2) is 49.2 Å². The third kappa shape index (κ3) is 2.86. The average Bonchev–Trinajstić information content (AvgIpc) is 2.39. The van der Waals surface area contributed by atoms with Gasteiger partial charge in [0.25, 0.3) is 0 Å². The predicted molar refractivity (Wildman–Crippen MR) is 71.4 cm³/mol. The fourth-order valence-electron chi connectivity index (χ4n) is 2.83. The third-order valence-electron chi connectivity index (χ3n) is 4.72. The molecule has 2 atom stereocenters. The Morgan fingerprint density at radius 3 is 2.67 bits per heavy atom. The van der Waals surface area contributed by atoms with Crippen LogP contribution in [0.4, 0.5) is 0 Å². The number of nitrogens with one attached hydrogen (secondary N) is 1. The van der Waals surface area contributed by atoms with Crippen molar-refractivity contribution in [3.8, 4) is 0 Å². The topological polar surface area (TPSA) is 41.6 Å². The zero-order chi connectivity index (χ0) is 13.2. The van der Waals surface area contributed by atoms with Crippen LogP contribution in [0, 0.1) is 5.41 Å². The summed E-state index contributed by atoms with van der Waals surface area (Å²) in [5.41, 5.74) is 0.429. The summed E-state index contributed by atoms with van der Waals surface area (Å²) in [4.78, 5) is 14.5. The van der Waals surface area contributed by atoms with Gasteiger partial charge in [0, 0.05) is 19.6 Å². The summed E-state index contributed by atoms with van der Waals surface area (Å²) < 4.78 is 5.55. The number of rotatable bonds is 2. The number of piperidine rings is 1. The first-order valence-electron chi connectivity index (χ1n) is 7.19. The van der Waals surface area contributed by atoms with Crippen LogP contribution in [0.1, 0.15) is 40.0 Å². The quantitative estimate of drug-likeness (QED) is 0.810. The van der Waals surface area contributed by atoms with Crippen LogP contribution in [0.3, 0.4) is 0 Å². The Kier molecular flexibility index (Phi) is 4.28. The lowest BCUT2D eigenvalue weighted by molar-refractivity contribution is -0.141. The van der Waals surface area contributed by atoms with Crippen molar-refractivity contribution < 1.29 is 9.53 Å². The molecular weight excluding hydrogens is 228 g/mol. The molecule has 2 aliphatic rings. The lowest BCUT2D eigenvalue weighted by Gasteiger charge is -2.41. The largest absolute Gasteiger partial charge is 0.375 e. The first-order valence-corrected chi connectivity index (χ1v) is 7.19. The van der Waals surface area contributed by atoms with Crippen molar-refractivity contribution in [3.05, 3.63) is 0 Å². The summed E-state index contributed by atoms with van der Waals surface area (Å²) in [6.07, 6.45) is 3.44. The van der Waals surface area contributed by atoms with E-state index in [9.17, 15) is 4.79 Å². The monoisotopic (exact) mass is 254 g/mol. The van der Waals surface area contributed by atoms with Gasteiger partial charge in [0.1, 0.15) is 6.04 Å². The number of ether oxygens (including phenoxy) is 1. The molecule has 18 heavy (non-hydrogen) atoms. The maximum absolute atomic E-state index is 12.4. The van der Waals surface area contributed by atoms with Gasteiger partial charge in [-0.15, -0.1) is 0 Å². The Morgan fingerprint density at radius 2 is 2.11 bits per heavy atom. The van der Waals surface area contributed by atoms with E-state index in [2.05, 4.69) is 19.2 Å². The van der Waals surface area contributed by atoms with Crippen LogP contribution in [0.5, 0.6) is 0 Å². The van der Waals surface area contributed by atoms with Gasteiger partial charge in [-0.1, -0.05) is 20.3 Å². The van der Waals surface area contributed by atoms with Gasteiger partial charge >= 0.3 is 0 Å². The van der Waals surface area contributed by atoms with Crippen molar-refractivity contribution in [2.75, 3.05) is 26.2 Å². The highest BCUT2D eigenvalue weighted by Crippen LogP contribution is 2.34. The number of amides is 1. The summed E-state index contributed by atoms with van der Waals surface area (Å²) in [6, 6.07) is -0.148. The molecule has 0 spiro atoms. The number of likely N-dealkylation sites (tertiary alicyclic amines) is 1. The Labute approximate surface area is 110 Å². The van der Waals surface area contributed by atoms with E-state index >= 15 is 0 Å². The summed E-state index contributed by atoms with van der Waals surface area (Å²) in [5, 5.41) is 3.28. The zero-order valence-corrected chi connectivity index (χ0v) is 11.9. The van der Waals surface area contributed by atoms with Gasteiger partial charge in [0.15, 0.2) is 0 Å². The molecule has 1 amide bonds. The number of hydrogen-bond donors (Lipinski definition) is 1. The standard InChI is InChI=1S/C14H26N2O2/c1-4-14(3)5-8-16(9-6-14)13(17)12-11(2)18-10-7-15-12/h11-12,15H,4-10H2,1-3H3/t11-,12+/m1/s1. The fraction of sp³-hybridized carbons (Fsp3) is 0.929. The Balaban J connectivity index is 1.91. The summed E-state index contributed by atoms with van der Waals surface area (Å²) in [7, 11) is 0. The van der Waals surface area contributed by atoms with Crippen molar-refractivity contribution in [1.82, 2.24) is 10.2 Å². The van der Waals surface area contributed by atoms with Crippen LogP contribution in [-0.2, 0) is 9.53 Å². The molecule has 0 unspecified atom stereocenters. The van der Waals surface area contributed by atoms with E-state index in [1.165, 1.54) is 6.42 Å². The second kappa shape index (κ2) is 5.57. The lowest BCUT2D eigenvalue weighted by atomic mass is 9.78. The van der Waals surface area contributed by atoms with Crippen molar-refractivity contribution in [2.24, 2.45) is 5.41 Å². The second-order valence-electron chi connectivity index (χ2n) is 6.00. The minimum Gasteiger partial charge on any atom is -0.375 e. The van der Waals surface area contributed by atoms with E-state index in [1.54, 1.807) is 0 Å². The lowest BCUT2D eigenvalue weighted by Crippen LogP contribution is -2.58. The fourth-order valence-corrected chi connectivity index (χ4v) is 2.83. The molecule has 0 radical (unpaired) electrons. The van der Waals surface area contributed by atoms with Gasteiger partial charge in [0.05, 0.1) is 12.7 Å². The maximum atomic E-state index is 12.4. The SMILES string of the molecule is CCC1(C)CCN(C(=O)[C@H]2NCCO[C@@H]2C)CC1. The van der Waals surface area contributed by atoms with Crippen LogP contribution in [0.2, 0.25) is 0 Å². The minimum absolute atomic E-state index is 0.00858. The van der Waals surface area contributed by atoms with E-state index in [0.29, 0.717) is 12.0 Å². The molecule has 2 heterocycles. The molecule has 0 aromatic heterocycles. The highest BCUT2D eigenvalue weighted by atomic mass is 16.5. The number of morpholine rings is 1. The number of hydrogen-bond acceptors (Lipinski definition) is 3. The molecule has 1 N–H and O–H groups in total. The number of nitrogens with zero attached hydrogens (tertiary/aromatic N) is 1. The van der Waals surface area contributed by atoms with Crippen molar-refractivity contribution in [2.45, 2.75) is 52.2 Å². The van der Waals surface area contributed by atoms with Crippen molar-refractivity contribution in [1.29, 1.82) is 0 Å². The Morgan fingerprint density at radius 1 is 1.44 bits per heavy atom. The number of carbonyl (C=O) groups is 1. The second-order valence-corrected chi connectivity index (χ2v) is 6.00. The van der Waals surface area contributed by atoms with Gasteiger partial charge in [-0.2, -0.15) is 0 Å². The first-order chi connectivity index (χ1) is 8.56. The average molecular weight is 254 g/mol. The summed E-state index contributed by atoms with van der Waals surface area (Å²) >= 11 is 0. The molecule has 0 aromatic carbocycles. The van der Waals surface area contributed by atoms with Crippen LogP contribution in [0.25, 0.3) is 0 Å². The van der Waals surface area contributed by atoms with E-state index in [0.717, 1.165) is 32.5 Å². The van der Waals surface area contributed by atoms with Gasteiger partial charge in [-0.05, 0) is 25.2 Å². The molecule has 4 nitrogen and oxygen atoms in total. The molecule has 4 heteroatoms. The molecule has 0 bridgehead atoms. The molecule has 2 saturated heterocycles. The van der Waals surface area contributed by atoms with E-state index < -0.39 is 0 Å². The number of carbonyl (C=O) groups excluding carboxylic acids is 1. The van der Waals surface area contributed by atoms with Gasteiger partial charge in [-0.25, -0.2) is 0 Å². The van der Waals surface area contributed by atoms with Crippen molar-refractivity contribution >= 4 is 5.91 Å². The highest BCUT2D eigenvalue weighted by molar-refractivity contribution is 5.82. The molecule has 2 fully saturated rings. The third-order valence-corrected chi connectivity index (χ3v) is 4.72. The van der Waals surface area contributed by atoms with Crippen LogP contribution < -0.4 is 5.32 Å². The van der Waals surface area contributed by atoms with E-state index in [1.807, 2.05) is 11.8 Å². The van der Waals surface area contributed by atoms with Gasteiger partial charge in [-0.3, -0.25) is 4.79 Å². The molecule has 2 rings (SSSR count). The normalized spacial score (nSPS) is 32.3. The zero-order valence-electron chi connectivity index (χ0n) is 11.9. The summed E-state index contributed by atoms with van der Waals surface area (Å²) in [5.74, 6) is 0.223. The van der Waals surface area contributed by atoms with Gasteiger partial charge < -0.3 is 15.0 Å².